The summed E-state index contributed by atoms with van der Waals surface area (Å²) in [5.74, 6) is 0.944. The number of nitrogens with zero attached hydrogens (tertiary/aromatic N) is 5. The molecule has 1 aliphatic heterocycles. The molecular weight excluding hydrogens is 264 g/mol. The fourth-order valence-corrected chi connectivity index (χ4v) is 2.72. The van der Waals surface area contributed by atoms with Crippen LogP contribution in [-0.4, -0.2) is 50.1 Å². The molecule has 0 spiro atoms. The molecule has 0 aromatic carbocycles. The number of rotatable bonds is 5. The Hall–Kier alpha value is -1.95. The molecule has 0 atom stereocenters. The Morgan fingerprint density at radius 1 is 1.24 bits per heavy atom. The predicted molar refractivity (Wildman–Crippen MR) is 82.1 cm³/mol. The van der Waals surface area contributed by atoms with Gasteiger partial charge in [0.15, 0.2) is 0 Å². The molecule has 0 bridgehead atoms. The first-order valence-electron chi connectivity index (χ1n) is 7.53. The summed E-state index contributed by atoms with van der Waals surface area (Å²) in [6.45, 7) is 6.37. The number of likely N-dealkylation sites (tertiary alicyclic amines) is 1. The fourth-order valence-electron chi connectivity index (χ4n) is 2.72. The molecule has 1 saturated heterocycles. The highest BCUT2D eigenvalue weighted by atomic mass is 15.2. The van der Waals surface area contributed by atoms with Crippen molar-refractivity contribution >= 4 is 5.82 Å². The molecule has 3 rings (SSSR count). The van der Waals surface area contributed by atoms with Crippen LogP contribution in [0.1, 0.15) is 18.5 Å². The average Bonchev–Trinajstić information content (AvgIpc) is 3.00. The van der Waals surface area contributed by atoms with E-state index in [1.54, 1.807) is 6.33 Å². The molecule has 1 fully saturated rings. The lowest BCUT2D eigenvalue weighted by Gasteiger charge is -2.32. The number of aryl methyl sites for hydroxylation is 1. The van der Waals surface area contributed by atoms with Crippen LogP contribution in [0.3, 0.4) is 0 Å². The first-order chi connectivity index (χ1) is 10.3. The molecule has 0 unspecified atom stereocenters. The minimum atomic E-state index is 0.517. The standard InChI is InChI=1S/C15H22N6/c1-13-10-15(18-11-17-13)19-14-2-5-20(6-3-14)8-9-21-7-4-16-12-21/h4,7,10-12,14H,2-3,5-6,8-9H2,1H3,(H,17,18,19). The number of anilines is 1. The van der Waals surface area contributed by atoms with E-state index in [-0.39, 0.29) is 0 Å². The van der Waals surface area contributed by atoms with Crippen LogP contribution in [0.4, 0.5) is 5.82 Å². The van der Waals surface area contributed by atoms with Gasteiger partial charge in [-0.25, -0.2) is 15.0 Å². The van der Waals surface area contributed by atoms with Crippen LogP contribution in [0, 0.1) is 6.92 Å². The van der Waals surface area contributed by atoms with E-state index in [1.807, 2.05) is 31.7 Å². The van der Waals surface area contributed by atoms with Gasteiger partial charge in [-0.15, -0.1) is 0 Å². The van der Waals surface area contributed by atoms with Gasteiger partial charge in [0.2, 0.25) is 0 Å². The molecule has 6 nitrogen and oxygen atoms in total. The van der Waals surface area contributed by atoms with Crippen molar-refractivity contribution in [1.82, 2.24) is 24.4 Å². The molecule has 2 aromatic heterocycles. The van der Waals surface area contributed by atoms with E-state index >= 15 is 0 Å². The Morgan fingerprint density at radius 2 is 2.10 bits per heavy atom. The van der Waals surface area contributed by atoms with Crippen molar-refractivity contribution in [2.24, 2.45) is 0 Å². The van der Waals surface area contributed by atoms with Crippen LogP contribution >= 0.6 is 0 Å². The maximum Gasteiger partial charge on any atom is 0.129 e. The normalized spacial score (nSPS) is 17.0. The molecule has 3 heterocycles. The van der Waals surface area contributed by atoms with E-state index in [9.17, 15) is 0 Å². The van der Waals surface area contributed by atoms with Crippen molar-refractivity contribution < 1.29 is 0 Å². The summed E-state index contributed by atoms with van der Waals surface area (Å²) in [4.78, 5) is 15.0. The van der Waals surface area contributed by atoms with Gasteiger partial charge in [-0.3, -0.25) is 0 Å². The van der Waals surface area contributed by atoms with Crippen LogP contribution in [0.25, 0.3) is 0 Å². The van der Waals surface area contributed by atoms with E-state index in [0.717, 1.165) is 50.5 Å². The van der Waals surface area contributed by atoms with Crippen molar-refractivity contribution in [3.05, 3.63) is 36.8 Å². The van der Waals surface area contributed by atoms with Crippen LogP contribution in [0.2, 0.25) is 0 Å². The quantitative estimate of drug-likeness (QED) is 0.904. The van der Waals surface area contributed by atoms with Gasteiger partial charge < -0.3 is 14.8 Å². The summed E-state index contributed by atoms with van der Waals surface area (Å²) >= 11 is 0. The second-order valence-corrected chi connectivity index (χ2v) is 5.61. The van der Waals surface area contributed by atoms with Gasteiger partial charge >= 0.3 is 0 Å². The van der Waals surface area contributed by atoms with Crippen molar-refractivity contribution in [3.8, 4) is 0 Å². The van der Waals surface area contributed by atoms with Crippen molar-refractivity contribution in [2.75, 3.05) is 25.0 Å². The molecule has 21 heavy (non-hydrogen) atoms. The van der Waals surface area contributed by atoms with Gasteiger partial charge in [-0.1, -0.05) is 0 Å². The van der Waals surface area contributed by atoms with Gasteiger partial charge in [0.25, 0.3) is 0 Å². The molecule has 0 radical (unpaired) electrons. The molecule has 0 amide bonds. The Balaban J connectivity index is 1.42. The van der Waals surface area contributed by atoms with Crippen molar-refractivity contribution in [2.45, 2.75) is 32.4 Å². The molecule has 6 heteroatoms. The summed E-state index contributed by atoms with van der Waals surface area (Å²) in [6.07, 6.45) is 9.68. The van der Waals surface area contributed by atoms with E-state index in [2.05, 4.69) is 29.7 Å². The minimum absolute atomic E-state index is 0.517. The van der Waals surface area contributed by atoms with Crippen LogP contribution < -0.4 is 5.32 Å². The number of aromatic nitrogens is 4. The summed E-state index contributed by atoms with van der Waals surface area (Å²) < 4.78 is 2.13. The molecule has 0 saturated carbocycles. The van der Waals surface area contributed by atoms with Crippen LogP contribution in [0.5, 0.6) is 0 Å². The highest BCUT2D eigenvalue weighted by Gasteiger charge is 2.19. The van der Waals surface area contributed by atoms with E-state index in [4.69, 9.17) is 0 Å². The number of hydrogen-bond donors (Lipinski definition) is 1. The van der Waals surface area contributed by atoms with Gasteiger partial charge in [-0.05, 0) is 19.8 Å². The molecule has 2 aromatic rings. The fraction of sp³-hybridized carbons (Fsp3) is 0.533. The molecular formula is C15H22N6. The summed E-state index contributed by atoms with van der Waals surface area (Å²) in [5.41, 5.74) is 1.00. The predicted octanol–water partition coefficient (Wildman–Crippen LogP) is 1.56. The largest absolute Gasteiger partial charge is 0.367 e. The van der Waals surface area contributed by atoms with Gasteiger partial charge in [0, 0.05) is 56.4 Å². The maximum absolute atomic E-state index is 4.28. The summed E-state index contributed by atoms with van der Waals surface area (Å²) in [6, 6.07) is 2.52. The lowest BCUT2D eigenvalue weighted by Crippen LogP contribution is -2.40. The van der Waals surface area contributed by atoms with Gasteiger partial charge in [0.1, 0.15) is 12.1 Å². The zero-order valence-electron chi connectivity index (χ0n) is 12.4. The number of piperidine rings is 1. The molecule has 1 N–H and O–H groups in total. The third-order valence-corrected chi connectivity index (χ3v) is 3.98. The van der Waals surface area contributed by atoms with Gasteiger partial charge in [-0.2, -0.15) is 0 Å². The molecule has 0 aliphatic carbocycles. The van der Waals surface area contributed by atoms with E-state index < -0.39 is 0 Å². The first kappa shape index (κ1) is 14.0. The number of imidazole rings is 1. The highest BCUT2D eigenvalue weighted by Crippen LogP contribution is 2.15. The van der Waals surface area contributed by atoms with Gasteiger partial charge in [0.05, 0.1) is 6.33 Å². The zero-order chi connectivity index (χ0) is 14.5. The number of nitrogens with one attached hydrogen (secondary N) is 1. The Morgan fingerprint density at radius 3 is 2.81 bits per heavy atom. The minimum Gasteiger partial charge on any atom is -0.367 e. The highest BCUT2D eigenvalue weighted by molar-refractivity contribution is 5.35. The molecule has 1 aliphatic rings. The Bertz CT molecular complexity index is 545. The van der Waals surface area contributed by atoms with E-state index in [1.165, 1.54) is 0 Å². The lowest BCUT2D eigenvalue weighted by atomic mass is 10.1. The monoisotopic (exact) mass is 286 g/mol. The summed E-state index contributed by atoms with van der Waals surface area (Å²) in [7, 11) is 0. The Labute approximate surface area is 125 Å². The van der Waals surface area contributed by atoms with E-state index in [0.29, 0.717) is 6.04 Å². The second kappa shape index (κ2) is 6.67. The van der Waals surface area contributed by atoms with Crippen LogP contribution in [0.15, 0.2) is 31.1 Å². The maximum atomic E-state index is 4.28. The average molecular weight is 286 g/mol. The topological polar surface area (TPSA) is 58.9 Å². The zero-order valence-corrected chi connectivity index (χ0v) is 12.4. The Kier molecular flexibility index (Phi) is 4.45. The van der Waals surface area contributed by atoms with Crippen molar-refractivity contribution in [3.63, 3.8) is 0 Å². The third-order valence-electron chi connectivity index (χ3n) is 3.98. The third kappa shape index (κ3) is 4.01. The summed E-state index contributed by atoms with van der Waals surface area (Å²) in [5, 5.41) is 3.52. The SMILES string of the molecule is Cc1cc(NC2CCN(CCn3ccnc3)CC2)ncn1. The second-order valence-electron chi connectivity index (χ2n) is 5.61. The first-order valence-corrected chi connectivity index (χ1v) is 7.53. The lowest BCUT2D eigenvalue weighted by molar-refractivity contribution is 0.211. The number of hydrogen-bond acceptors (Lipinski definition) is 5. The van der Waals surface area contributed by atoms with Crippen molar-refractivity contribution in [1.29, 1.82) is 0 Å². The van der Waals surface area contributed by atoms with Crippen LogP contribution in [-0.2, 0) is 6.54 Å². The molecule has 112 valence electrons. The smallest absolute Gasteiger partial charge is 0.129 e.